The molecule has 0 aromatic carbocycles. The minimum atomic E-state index is -0.0257. The van der Waals surface area contributed by atoms with Crippen molar-refractivity contribution in [1.29, 1.82) is 0 Å². The van der Waals surface area contributed by atoms with Crippen LogP contribution in [-0.2, 0) is 6.61 Å². The molecule has 1 N–H and O–H groups in total. The molecule has 2 aromatic rings. The first-order chi connectivity index (χ1) is 8.36. The highest BCUT2D eigenvalue weighted by molar-refractivity contribution is 5.38. The van der Waals surface area contributed by atoms with Gasteiger partial charge >= 0.3 is 0 Å². The first kappa shape index (κ1) is 10.7. The fraction of sp³-hybridized carbons (Fsp3) is 0.538. The molecule has 4 nitrogen and oxygen atoms in total. The van der Waals surface area contributed by atoms with Gasteiger partial charge in [-0.05, 0) is 25.0 Å². The maximum absolute atomic E-state index is 9.05. The average molecular weight is 231 g/mol. The number of aromatic nitrogens is 3. The van der Waals surface area contributed by atoms with E-state index in [0.29, 0.717) is 11.6 Å². The number of hydrogen-bond donors (Lipinski definition) is 1. The van der Waals surface area contributed by atoms with Crippen LogP contribution in [0.3, 0.4) is 0 Å². The van der Waals surface area contributed by atoms with Gasteiger partial charge in [0.15, 0.2) is 5.65 Å². The average Bonchev–Trinajstić information content (AvgIpc) is 2.81. The van der Waals surface area contributed by atoms with Gasteiger partial charge in [0.2, 0.25) is 0 Å². The van der Waals surface area contributed by atoms with Gasteiger partial charge in [-0.25, -0.2) is 9.50 Å². The van der Waals surface area contributed by atoms with Gasteiger partial charge < -0.3 is 5.11 Å². The Morgan fingerprint density at radius 1 is 1.24 bits per heavy atom. The van der Waals surface area contributed by atoms with Crippen molar-refractivity contribution < 1.29 is 5.11 Å². The molecule has 0 aliphatic heterocycles. The van der Waals surface area contributed by atoms with Crippen molar-refractivity contribution in [2.24, 2.45) is 0 Å². The molecule has 0 bridgehead atoms. The van der Waals surface area contributed by atoms with Gasteiger partial charge in [-0.15, -0.1) is 0 Å². The van der Waals surface area contributed by atoms with E-state index in [-0.39, 0.29) is 6.61 Å². The van der Waals surface area contributed by atoms with Crippen LogP contribution in [0.15, 0.2) is 18.3 Å². The molecule has 4 heteroatoms. The summed E-state index contributed by atoms with van der Waals surface area (Å²) in [5, 5.41) is 13.7. The number of fused-ring (bicyclic) bond motifs is 1. The van der Waals surface area contributed by atoms with E-state index in [9.17, 15) is 0 Å². The Balaban J connectivity index is 1.94. The van der Waals surface area contributed by atoms with Crippen LogP contribution >= 0.6 is 0 Å². The lowest BCUT2D eigenvalue weighted by atomic mass is 9.87. The summed E-state index contributed by atoms with van der Waals surface area (Å²) < 4.78 is 1.79. The molecule has 0 saturated heterocycles. The fourth-order valence-electron chi connectivity index (χ4n) is 2.64. The van der Waals surface area contributed by atoms with Crippen molar-refractivity contribution in [2.45, 2.75) is 44.6 Å². The Morgan fingerprint density at radius 2 is 2.06 bits per heavy atom. The third-order valence-electron chi connectivity index (χ3n) is 3.58. The SMILES string of the molecule is OCc1cn2nc(C3CCCCC3)ccc2n1. The molecule has 3 rings (SSSR count). The summed E-state index contributed by atoms with van der Waals surface area (Å²) in [6.45, 7) is -0.0257. The number of aliphatic hydroxyl groups is 1. The Labute approximate surface area is 100 Å². The van der Waals surface area contributed by atoms with Crippen LogP contribution in [0.25, 0.3) is 5.65 Å². The monoisotopic (exact) mass is 231 g/mol. The molecular formula is C13H17N3O. The second kappa shape index (κ2) is 4.45. The van der Waals surface area contributed by atoms with Gasteiger partial charge in [-0.3, -0.25) is 0 Å². The van der Waals surface area contributed by atoms with Crippen LogP contribution in [0.1, 0.15) is 49.4 Å². The molecule has 2 heterocycles. The van der Waals surface area contributed by atoms with E-state index in [2.05, 4.69) is 16.1 Å². The molecule has 0 amide bonds. The predicted molar refractivity (Wildman–Crippen MR) is 64.7 cm³/mol. The number of aliphatic hydroxyl groups excluding tert-OH is 1. The van der Waals surface area contributed by atoms with Gasteiger partial charge in [0, 0.05) is 5.92 Å². The topological polar surface area (TPSA) is 50.4 Å². The molecule has 1 fully saturated rings. The molecule has 1 aliphatic carbocycles. The predicted octanol–water partition coefficient (Wildman–Crippen LogP) is 2.27. The van der Waals surface area contributed by atoms with Crippen molar-refractivity contribution in [3.05, 3.63) is 29.7 Å². The van der Waals surface area contributed by atoms with Crippen LogP contribution in [0.5, 0.6) is 0 Å². The van der Waals surface area contributed by atoms with Gasteiger partial charge in [0.1, 0.15) is 0 Å². The third kappa shape index (κ3) is 2.05. The highest BCUT2D eigenvalue weighted by Gasteiger charge is 2.17. The Morgan fingerprint density at radius 3 is 2.82 bits per heavy atom. The van der Waals surface area contributed by atoms with Gasteiger partial charge in [-0.2, -0.15) is 5.10 Å². The number of rotatable bonds is 2. The zero-order chi connectivity index (χ0) is 11.7. The van der Waals surface area contributed by atoms with Crippen molar-refractivity contribution in [3.63, 3.8) is 0 Å². The van der Waals surface area contributed by atoms with Gasteiger partial charge in [0.25, 0.3) is 0 Å². The van der Waals surface area contributed by atoms with Crippen LogP contribution < -0.4 is 0 Å². The minimum Gasteiger partial charge on any atom is -0.390 e. The highest BCUT2D eigenvalue weighted by Crippen LogP contribution is 2.31. The molecule has 1 aliphatic rings. The smallest absolute Gasteiger partial charge is 0.153 e. The van der Waals surface area contributed by atoms with Gasteiger partial charge in [-0.1, -0.05) is 19.3 Å². The first-order valence-corrected chi connectivity index (χ1v) is 6.33. The van der Waals surface area contributed by atoms with Crippen LogP contribution in [0.4, 0.5) is 0 Å². The normalized spacial score (nSPS) is 17.7. The zero-order valence-corrected chi connectivity index (χ0v) is 9.84. The summed E-state index contributed by atoms with van der Waals surface area (Å²) in [5.74, 6) is 0.605. The van der Waals surface area contributed by atoms with Crippen LogP contribution in [0, 0.1) is 0 Å². The lowest BCUT2D eigenvalue weighted by Crippen LogP contribution is -2.08. The van der Waals surface area contributed by atoms with Crippen molar-refractivity contribution >= 4 is 5.65 Å². The second-order valence-electron chi connectivity index (χ2n) is 4.79. The molecule has 90 valence electrons. The molecule has 0 radical (unpaired) electrons. The molecule has 0 spiro atoms. The first-order valence-electron chi connectivity index (χ1n) is 6.33. The summed E-state index contributed by atoms with van der Waals surface area (Å²) in [5.41, 5.74) is 2.66. The number of hydrogen-bond acceptors (Lipinski definition) is 3. The second-order valence-corrected chi connectivity index (χ2v) is 4.79. The van der Waals surface area contributed by atoms with E-state index in [1.165, 1.54) is 37.8 Å². The molecule has 1 saturated carbocycles. The third-order valence-corrected chi connectivity index (χ3v) is 3.58. The summed E-state index contributed by atoms with van der Waals surface area (Å²) in [7, 11) is 0. The molecule has 0 unspecified atom stereocenters. The fourth-order valence-corrected chi connectivity index (χ4v) is 2.64. The molecule has 2 aromatic heterocycles. The Bertz CT molecular complexity index is 514. The summed E-state index contributed by atoms with van der Waals surface area (Å²) in [6.07, 6.45) is 8.30. The lowest BCUT2D eigenvalue weighted by Gasteiger charge is -2.20. The molecular weight excluding hydrogens is 214 g/mol. The Kier molecular flexibility index (Phi) is 2.81. The summed E-state index contributed by atoms with van der Waals surface area (Å²) in [4.78, 5) is 4.27. The minimum absolute atomic E-state index is 0.0257. The Hall–Kier alpha value is -1.42. The standard InChI is InChI=1S/C13H17N3O/c17-9-11-8-16-13(14-11)7-6-12(15-16)10-4-2-1-3-5-10/h6-8,10,17H,1-5,9H2. The quantitative estimate of drug-likeness (QED) is 0.862. The number of imidazole rings is 1. The van der Waals surface area contributed by atoms with E-state index < -0.39 is 0 Å². The largest absolute Gasteiger partial charge is 0.390 e. The summed E-state index contributed by atoms with van der Waals surface area (Å²) >= 11 is 0. The maximum Gasteiger partial charge on any atom is 0.153 e. The van der Waals surface area contributed by atoms with E-state index in [1.807, 2.05) is 12.3 Å². The van der Waals surface area contributed by atoms with E-state index in [1.54, 1.807) is 4.52 Å². The van der Waals surface area contributed by atoms with E-state index in [0.717, 1.165) is 5.65 Å². The lowest BCUT2D eigenvalue weighted by molar-refractivity contribution is 0.277. The van der Waals surface area contributed by atoms with Gasteiger partial charge in [0.05, 0.1) is 24.2 Å². The van der Waals surface area contributed by atoms with E-state index >= 15 is 0 Å². The highest BCUT2D eigenvalue weighted by atomic mass is 16.3. The van der Waals surface area contributed by atoms with Crippen LogP contribution in [0.2, 0.25) is 0 Å². The maximum atomic E-state index is 9.05. The van der Waals surface area contributed by atoms with Crippen molar-refractivity contribution in [2.75, 3.05) is 0 Å². The number of nitrogens with zero attached hydrogens (tertiary/aromatic N) is 3. The summed E-state index contributed by atoms with van der Waals surface area (Å²) in [6, 6.07) is 4.08. The van der Waals surface area contributed by atoms with E-state index in [4.69, 9.17) is 5.11 Å². The zero-order valence-electron chi connectivity index (χ0n) is 9.84. The molecule has 0 atom stereocenters. The van der Waals surface area contributed by atoms with Crippen LogP contribution in [-0.4, -0.2) is 19.7 Å². The van der Waals surface area contributed by atoms with Crippen molar-refractivity contribution in [3.8, 4) is 0 Å². The molecule has 17 heavy (non-hydrogen) atoms. The van der Waals surface area contributed by atoms with Crippen molar-refractivity contribution in [1.82, 2.24) is 14.6 Å².